The zero-order chi connectivity index (χ0) is 8.53. The van der Waals surface area contributed by atoms with Crippen molar-refractivity contribution in [3.63, 3.8) is 0 Å². The molecule has 0 aromatic rings. The summed E-state index contributed by atoms with van der Waals surface area (Å²) in [6.45, 7) is 0.654. The quantitative estimate of drug-likeness (QED) is 0.220. The molecule has 0 radical (unpaired) electrons. The van der Waals surface area contributed by atoms with Crippen LogP contribution in [0.1, 0.15) is 12.8 Å². The summed E-state index contributed by atoms with van der Waals surface area (Å²) in [6, 6.07) is 0. The van der Waals surface area contributed by atoms with Gasteiger partial charge in [-0.05, 0) is 18.4 Å². The molecule has 0 aliphatic rings. The molecule has 0 heterocycles. The highest BCUT2D eigenvalue weighted by Gasteiger charge is 1.90. The van der Waals surface area contributed by atoms with Gasteiger partial charge < -0.3 is 9.42 Å². The molecule has 7 heteroatoms. The zero-order valence-corrected chi connectivity index (χ0v) is 6.93. The number of unbranched alkanes of at least 4 members (excludes halogenated alkanes) is 1. The van der Waals surface area contributed by atoms with Crippen molar-refractivity contribution in [2.45, 2.75) is 12.8 Å². The molecule has 1 N–H and O–H groups in total. The maximum Gasteiger partial charge on any atom is 0.316 e. The molecule has 0 aliphatic carbocycles. The Balaban J connectivity index is 3.02. The van der Waals surface area contributed by atoms with E-state index in [4.69, 9.17) is 10.4 Å². The van der Waals surface area contributed by atoms with Crippen LogP contribution in [0.3, 0.4) is 0 Å². The fraction of sp³-hybridized carbons (Fsp3) is 1.00. The Labute approximate surface area is 64.8 Å². The molecule has 1 atom stereocenters. The van der Waals surface area contributed by atoms with Crippen LogP contribution >= 0.6 is 8.25 Å². The lowest BCUT2D eigenvalue weighted by Gasteiger charge is -1.96. The predicted molar refractivity (Wildman–Crippen MR) is 40.4 cm³/mol. The van der Waals surface area contributed by atoms with Gasteiger partial charge in [-0.15, -0.1) is 0 Å². The standard InChI is InChI=1S/C4H10N3O3P/c5-7-6-3-1-2-4-10-11(8)9/h11H,1-4H2,(H,8,9). The first-order valence-corrected chi connectivity index (χ1v) is 4.40. The predicted octanol–water partition coefficient (Wildman–Crippen LogP) is 1.48. The van der Waals surface area contributed by atoms with Crippen LogP contribution in [-0.4, -0.2) is 18.0 Å². The van der Waals surface area contributed by atoms with Gasteiger partial charge in [-0.1, -0.05) is 5.11 Å². The smallest absolute Gasteiger partial charge is 0.316 e. The summed E-state index contributed by atoms with van der Waals surface area (Å²) in [7, 11) is -2.78. The van der Waals surface area contributed by atoms with Crippen LogP contribution in [0, 0.1) is 0 Å². The van der Waals surface area contributed by atoms with Crippen LogP contribution in [0.4, 0.5) is 0 Å². The monoisotopic (exact) mass is 179 g/mol. The van der Waals surface area contributed by atoms with Gasteiger partial charge in [-0.25, -0.2) is 0 Å². The molecular weight excluding hydrogens is 169 g/mol. The summed E-state index contributed by atoms with van der Waals surface area (Å²) in [5, 5.41) is 3.28. The highest BCUT2D eigenvalue weighted by molar-refractivity contribution is 7.32. The molecule has 0 aromatic carbocycles. The van der Waals surface area contributed by atoms with Crippen molar-refractivity contribution in [1.29, 1.82) is 0 Å². The van der Waals surface area contributed by atoms with Crippen molar-refractivity contribution in [3.05, 3.63) is 10.4 Å². The van der Waals surface area contributed by atoms with Crippen molar-refractivity contribution in [2.24, 2.45) is 5.11 Å². The van der Waals surface area contributed by atoms with Crippen molar-refractivity contribution in [2.75, 3.05) is 13.2 Å². The van der Waals surface area contributed by atoms with Gasteiger partial charge in [0.15, 0.2) is 0 Å². The molecule has 0 aliphatic heterocycles. The zero-order valence-electron chi connectivity index (χ0n) is 5.93. The Bertz CT molecular complexity index is 164. The number of rotatable bonds is 6. The second-order valence-corrected chi connectivity index (χ2v) is 2.60. The Kier molecular flexibility index (Phi) is 7.19. The maximum atomic E-state index is 9.97. The number of hydrogen-bond donors (Lipinski definition) is 1. The number of nitrogens with zero attached hydrogens (tertiary/aromatic N) is 3. The van der Waals surface area contributed by atoms with E-state index < -0.39 is 8.25 Å². The van der Waals surface area contributed by atoms with E-state index >= 15 is 0 Å². The Morgan fingerprint density at radius 2 is 2.36 bits per heavy atom. The molecule has 1 unspecified atom stereocenters. The molecule has 0 saturated carbocycles. The summed E-state index contributed by atoms with van der Waals surface area (Å²) >= 11 is 0. The fourth-order valence-electron chi connectivity index (χ4n) is 0.489. The van der Waals surface area contributed by atoms with E-state index in [-0.39, 0.29) is 6.61 Å². The lowest BCUT2D eigenvalue weighted by atomic mass is 10.3. The van der Waals surface area contributed by atoms with Gasteiger partial charge in [0.05, 0.1) is 6.61 Å². The average Bonchev–Trinajstić information content (AvgIpc) is 1.96. The molecule has 0 bridgehead atoms. The summed E-state index contributed by atoms with van der Waals surface area (Å²) < 4.78 is 14.4. The van der Waals surface area contributed by atoms with Crippen molar-refractivity contribution in [1.82, 2.24) is 0 Å². The SMILES string of the molecule is [N-]=[N+]=NCCCCO[PH](=O)O. The minimum atomic E-state index is -2.78. The van der Waals surface area contributed by atoms with Gasteiger partial charge in [0.25, 0.3) is 0 Å². The van der Waals surface area contributed by atoms with E-state index in [1.54, 1.807) is 0 Å². The van der Waals surface area contributed by atoms with E-state index in [1.165, 1.54) is 0 Å². The molecule has 0 spiro atoms. The molecule has 0 fully saturated rings. The molecule has 0 saturated heterocycles. The minimum absolute atomic E-state index is 0.245. The second kappa shape index (κ2) is 7.57. The summed E-state index contributed by atoms with van der Waals surface area (Å²) in [4.78, 5) is 10.7. The maximum absolute atomic E-state index is 9.97. The van der Waals surface area contributed by atoms with E-state index in [1.807, 2.05) is 0 Å². The molecule has 0 amide bonds. The summed E-state index contributed by atoms with van der Waals surface area (Å²) in [5.41, 5.74) is 7.85. The molecular formula is C4H10N3O3P. The first-order chi connectivity index (χ1) is 5.27. The Hall–Kier alpha value is -0.540. The molecule has 0 aromatic heterocycles. The van der Waals surface area contributed by atoms with Gasteiger partial charge >= 0.3 is 8.25 Å². The lowest BCUT2D eigenvalue weighted by Crippen LogP contribution is -1.88. The van der Waals surface area contributed by atoms with Gasteiger partial charge in [0, 0.05) is 11.5 Å². The van der Waals surface area contributed by atoms with Crippen LogP contribution in [0.15, 0.2) is 5.11 Å². The van der Waals surface area contributed by atoms with Crippen LogP contribution in [-0.2, 0) is 9.09 Å². The average molecular weight is 179 g/mol. The van der Waals surface area contributed by atoms with Crippen molar-refractivity contribution < 1.29 is 14.0 Å². The Morgan fingerprint density at radius 1 is 1.64 bits per heavy atom. The van der Waals surface area contributed by atoms with Gasteiger partial charge in [-0.3, -0.25) is 4.57 Å². The summed E-state index contributed by atoms with van der Waals surface area (Å²) in [6.07, 6.45) is 1.31. The number of hydrogen-bond acceptors (Lipinski definition) is 3. The summed E-state index contributed by atoms with van der Waals surface area (Å²) in [5.74, 6) is 0. The topological polar surface area (TPSA) is 95.3 Å². The largest absolute Gasteiger partial charge is 0.326 e. The van der Waals surface area contributed by atoms with E-state index in [2.05, 4.69) is 14.5 Å². The van der Waals surface area contributed by atoms with Gasteiger partial charge in [-0.2, -0.15) is 0 Å². The number of azide groups is 1. The Morgan fingerprint density at radius 3 is 2.91 bits per heavy atom. The fourth-order valence-corrected chi connectivity index (χ4v) is 0.808. The molecule has 64 valence electrons. The van der Waals surface area contributed by atoms with E-state index in [9.17, 15) is 4.57 Å². The first kappa shape index (κ1) is 10.5. The van der Waals surface area contributed by atoms with Gasteiger partial charge in [0.1, 0.15) is 0 Å². The molecule has 11 heavy (non-hydrogen) atoms. The first-order valence-electron chi connectivity index (χ1n) is 3.14. The van der Waals surface area contributed by atoms with Crippen LogP contribution in [0.25, 0.3) is 10.4 Å². The van der Waals surface area contributed by atoms with E-state index in [0.717, 1.165) is 0 Å². The third-order valence-electron chi connectivity index (χ3n) is 0.941. The van der Waals surface area contributed by atoms with Gasteiger partial charge in [0.2, 0.25) is 0 Å². The third-order valence-corrected chi connectivity index (χ3v) is 1.39. The second-order valence-electron chi connectivity index (χ2n) is 1.78. The molecule has 6 nitrogen and oxygen atoms in total. The highest BCUT2D eigenvalue weighted by Crippen LogP contribution is 2.14. The third kappa shape index (κ3) is 9.46. The van der Waals surface area contributed by atoms with Crippen LogP contribution in [0.5, 0.6) is 0 Å². The minimum Gasteiger partial charge on any atom is -0.326 e. The van der Waals surface area contributed by atoms with E-state index in [0.29, 0.717) is 19.4 Å². The van der Waals surface area contributed by atoms with Crippen LogP contribution < -0.4 is 0 Å². The van der Waals surface area contributed by atoms with Crippen LogP contribution in [0.2, 0.25) is 0 Å². The highest BCUT2D eigenvalue weighted by atomic mass is 31.1. The molecule has 0 rings (SSSR count). The normalized spacial score (nSPS) is 12.1. The lowest BCUT2D eigenvalue weighted by molar-refractivity contribution is 0.275. The van der Waals surface area contributed by atoms with Crippen molar-refractivity contribution >= 4 is 8.25 Å². The van der Waals surface area contributed by atoms with Crippen molar-refractivity contribution in [3.8, 4) is 0 Å².